The summed E-state index contributed by atoms with van der Waals surface area (Å²) >= 11 is 1.70. The summed E-state index contributed by atoms with van der Waals surface area (Å²) in [5.74, 6) is 0. The van der Waals surface area contributed by atoms with Crippen LogP contribution in [0, 0.1) is 0 Å². The van der Waals surface area contributed by atoms with Crippen LogP contribution in [-0.2, 0) is 5.60 Å². The van der Waals surface area contributed by atoms with Gasteiger partial charge in [0.05, 0.1) is 12.1 Å². The van der Waals surface area contributed by atoms with E-state index in [1.807, 2.05) is 25.3 Å². The molecule has 0 heterocycles. The second-order valence-corrected chi connectivity index (χ2v) is 4.60. The van der Waals surface area contributed by atoms with Crippen molar-refractivity contribution in [3.63, 3.8) is 0 Å². The van der Waals surface area contributed by atoms with Gasteiger partial charge in [0.1, 0.15) is 0 Å². The Labute approximate surface area is 95.9 Å². The molecular weight excluding hydrogens is 206 g/mol. The minimum atomic E-state index is -0.701. The molecule has 4 N–H and O–H groups in total. The summed E-state index contributed by atoms with van der Waals surface area (Å²) in [7, 11) is 0. The SMILES string of the molecule is CCC(O)(CC[NH3+])c1cccc(SC)c1. The number of hydrogen-bond acceptors (Lipinski definition) is 2. The van der Waals surface area contributed by atoms with E-state index in [2.05, 4.69) is 17.9 Å². The van der Waals surface area contributed by atoms with E-state index in [4.69, 9.17) is 0 Å². The molecule has 0 spiro atoms. The molecule has 0 aliphatic rings. The van der Waals surface area contributed by atoms with Gasteiger partial charge in [-0.1, -0.05) is 19.1 Å². The Morgan fingerprint density at radius 1 is 1.47 bits per heavy atom. The Morgan fingerprint density at radius 3 is 2.73 bits per heavy atom. The maximum atomic E-state index is 10.5. The van der Waals surface area contributed by atoms with Crippen molar-refractivity contribution in [1.29, 1.82) is 0 Å². The Hall–Kier alpha value is -0.510. The van der Waals surface area contributed by atoms with Crippen molar-refractivity contribution in [3.05, 3.63) is 29.8 Å². The average Bonchev–Trinajstić information content (AvgIpc) is 2.29. The van der Waals surface area contributed by atoms with Crippen LogP contribution in [0.15, 0.2) is 29.2 Å². The fourth-order valence-electron chi connectivity index (χ4n) is 1.73. The van der Waals surface area contributed by atoms with Crippen molar-refractivity contribution >= 4 is 11.8 Å². The van der Waals surface area contributed by atoms with Gasteiger partial charge in [-0.05, 0) is 30.4 Å². The molecule has 1 aromatic rings. The highest BCUT2D eigenvalue weighted by atomic mass is 32.2. The molecule has 1 atom stereocenters. The lowest BCUT2D eigenvalue weighted by atomic mass is 9.88. The zero-order valence-electron chi connectivity index (χ0n) is 9.49. The molecule has 0 saturated carbocycles. The van der Waals surface area contributed by atoms with Crippen LogP contribution in [0.3, 0.4) is 0 Å². The summed E-state index contributed by atoms with van der Waals surface area (Å²) in [6.45, 7) is 2.77. The maximum absolute atomic E-state index is 10.5. The summed E-state index contributed by atoms with van der Waals surface area (Å²) in [5.41, 5.74) is 4.13. The third-order valence-electron chi connectivity index (χ3n) is 2.78. The van der Waals surface area contributed by atoms with E-state index in [1.165, 1.54) is 4.90 Å². The topological polar surface area (TPSA) is 47.9 Å². The van der Waals surface area contributed by atoms with Gasteiger partial charge in [0.15, 0.2) is 0 Å². The second-order valence-electron chi connectivity index (χ2n) is 3.72. The molecular formula is C12H20NOS+. The molecule has 1 rings (SSSR count). The van der Waals surface area contributed by atoms with Crippen LogP contribution in [0.1, 0.15) is 25.3 Å². The lowest BCUT2D eigenvalue weighted by Gasteiger charge is -2.26. The lowest BCUT2D eigenvalue weighted by molar-refractivity contribution is -0.374. The van der Waals surface area contributed by atoms with E-state index in [0.717, 1.165) is 24.9 Å². The maximum Gasteiger partial charge on any atom is 0.0947 e. The highest BCUT2D eigenvalue weighted by molar-refractivity contribution is 7.98. The zero-order valence-corrected chi connectivity index (χ0v) is 10.3. The molecule has 15 heavy (non-hydrogen) atoms. The highest BCUT2D eigenvalue weighted by Crippen LogP contribution is 2.30. The van der Waals surface area contributed by atoms with Crippen molar-refractivity contribution in [2.45, 2.75) is 30.3 Å². The molecule has 0 bridgehead atoms. The first-order chi connectivity index (χ1) is 7.16. The Bertz CT molecular complexity index is 316. The average molecular weight is 226 g/mol. The fraction of sp³-hybridized carbons (Fsp3) is 0.500. The summed E-state index contributed by atoms with van der Waals surface area (Å²) in [6.07, 6.45) is 3.51. The summed E-state index contributed by atoms with van der Waals surface area (Å²) in [4.78, 5) is 1.20. The van der Waals surface area contributed by atoms with Crippen LogP contribution < -0.4 is 5.73 Å². The number of aliphatic hydroxyl groups is 1. The van der Waals surface area contributed by atoms with Gasteiger partial charge in [0, 0.05) is 11.3 Å². The standard InChI is InChI=1S/C12H19NOS/c1-3-12(14,7-8-13)10-5-4-6-11(9-10)15-2/h4-6,9,14H,3,7-8,13H2,1-2H3/p+1. The van der Waals surface area contributed by atoms with Gasteiger partial charge in [-0.25, -0.2) is 0 Å². The van der Waals surface area contributed by atoms with Crippen LogP contribution in [0.4, 0.5) is 0 Å². The molecule has 0 amide bonds. The minimum Gasteiger partial charge on any atom is -0.385 e. The number of benzene rings is 1. The number of rotatable bonds is 5. The fourth-order valence-corrected chi connectivity index (χ4v) is 2.19. The Balaban J connectivity index is 3.00. The molecule has 84 valence electrons. The molecule has 1 unspecified atom stereocenters. The molecule has 0 saturated heterocycles. The van der Waals surface area contributed by atoms with Gasteiger partial charge < -0.3 is 10.8 Å². The minimum absolute atomic E-state index is 0.701. The number of quaternary nitrogens is 1. The quantitative estimate of drug-likeness (QED) is 0.750. The van der Waals surface area contributed by atoms with Crippen molar-refractivity contribution < 1.29 is 10.8 Å². The van der Waals surface area contributed by atoms with E-state index >= 15 is 0 Å². The molecule has 0 radical (unpaired) electrons. The Kier molecular flexibility index (Phi) is 4.64. The van der Waals surface area contributed by atoms with Gasteiger partial charge >= 0.3 is 0 Å². The largest absolute Gasteiger partial charge is 0.385 e. The predicted molar refractivity (Wildman–Crippen MR) is 64.8 cm³/mol. The van der Waals surface area contributed by atoms with E-state index in [0.29, 0.717) is 0 Å². The first kappa shape index (κ1) is 12.6. The van der Waals surface area contributed by atoms with Gasteiger partial charge in [0.2, 0.25) is 0 Å². The van der Waals surface area contributed by atoms with Gasteiger partial charge in [-0.15, -0.1) is 11.8 Å². The molecule has 0 aromatic heterocycles. The first-order valence-electron chi connectivity index (χ1n) is 5.32. The smallest absolute Gasteiger partial charge is 0.0947 e. The van der Waals surface area contributed by atoms with E-state index in [9.17, 15) is 5.11 Å². The van der Waals surface area contributed by atoms with E-state index in [-0.39, 0.29) is 0 Å². The number of hydrogen-bond donors (Lipinski definition) is 2. The van der Waals surface area contributed by atoms with Gasteiger partial charge in [-0.2, -0.15) is 0 Å². The molecule has 1 aromatic carbocycles. The third-order valence-corrected chi connectivity index (χ3v) is 3.51. The highest BCUT2D eigenvalue weighted by Gasteiger charge is 2.26. The van der Waals surface area contributed by atoms with Crippen molar-refractivity contribution in [3.8, 4) is 0 Å². The van der Waals surface area contributed by atoms with Crippen molar-refractivity contribution in [2.24, 2.45) is 0 Å². The van der Waals surface area contributed by atoms with Crippen molar-refractivity contribution in [2.75, 3.05) is 12.8 Å². The lowest BCUT2D eigenvalue weighted by Crippen LogP contribution is -2.52. The molecule has 0 aliphatic heterocycles. The second kappa shape index (κ2) is 5.54. The Morgan fingerprint density at radius 2 is 2.20 bits per heavy atom. The monoisotopic (exact) mass is 226 g/mol. The summed E-state index contributed by atoms with van der Waals surface area (Å²) < 4.78 is 0. The van der Waals surface area contributed by atoms with Crippen LogP contribution in [0.5, 0.6) is 0 Å². The predicted octanol–water partition coefficient (Wildman–Crippen LogP) is 1.64. The van der Waals surface area contributed by atoms with Crippen LogP contribution in [0.2, 0.25) is 0 Å². The normalized spacial score (nSPS) is 14.9. The molecule has 2 nitrogen and oxygen atoms in total. The van der Waals surface area contributed by atoms with E-state index in [1.54, 1.807) is 11.8 Å². The first-order valence-corrected chi connectivity index (χ1v) is 6.55. The van der Waals surface area contributed by atoms with Crippen LogP contribution in [0.25, 0.3) is 0 Å². The van der Waals surface area contributed by atoms with Crippen LogP contribution in [-0.4, -0.2) is 17.9 Å². The number of thioether (sulfide) groups is 1. The summed E-state index contributed by atoms with van der Waals surface area (Å²) in [5, 5.41) is 10.5. The summed E-state index contributed by atoms with van der Waals surface area (Å²) in [6, 6.07) is 8.14. The molecule has 3 heteroatoms. The van der Waals surface area contributed by atoms with Crippen LogP contribution >= 0.6 is 11.8 Å². The van der Waals surface area contributed by atoms with Crippen molar-refractivity contribution in [1.82, 2.24) is 0 Å². The third kappa shape index (κ3) is 2.97. The van der Waals surface area contributed by atoms with Gasteiger partial charge in [0.25, 0.3) is 0 Å². The van der Waals surface area contributed by atoms with E-state index < -0.39 is 5.60 Å². The zero-order chi connectivity index (χ0) is 11.3. The molecule has 0 fully saturated rings. The van der Waals surface area contributed by atoms with Gasteiger partial charge in [-0.3, -0.25) is 0 Å². The molecule has 0 aliphatic carbocycles.